The van der Waals surface area contributed by atoms with Crippen LogP contribution in [0.5, 0.6) is 0 Å². The summed E-state index contributed by atoms with van der Waals surface area (Å²) < 4.78 is 0. The summed E-state index contributed by atoms with van der Waals surface area (Å²) in [6.07, 6.45) is 0. The highest BCUT2D eigenvalue weighted by molar-refractivity contribution is 8.14. The molecule has 7 nitrogen and oxygen atoms in total. The Hall–Kier alpha value is -2.09. The Morgan fingerprint density at radius 3 is 3.00 bits per heavy atom. The number of hydrogen-bond acceptors (Lipinski definition) is 7. The van der Waals surface area contributed by atoms with E-state index < -0.39 is 4.92 Å². The lowest BCUT2D eigenvalue weighted by molar-refractivity contribution is -0.383. The molecule has 1 aromatic rings. The first-order valence-corrected chi connectivity index (χ1v) is 6.54. The molecule has 0 unspecified atom stereocenters. The Bertz CT molecular complexity index is 559. The molecule has 0 radical (unpaired) electrons. The molecule has 0 spiro atoms. The van der Waals surface area contributed by atoms with Gasteiger partial charge in [-0.3, -0.25) is 19.9 Å². The Morgan fingerprint density at radius 1 is 1.58 bits per heavy atom. The number of hydrogen-bond donors (Lipinski definition) is 2. The van der Waals surface area contributed by atoms with Crippen molar-refractivity contribution >= 4 is 34.1 Å². The molecular weight excluding hydrogens is 268 g/mol. The molecule has 0 aromatic heterocycles. The second-order valence-corrected chi connectivity index (χ2v) is 4.82. The van der Waals surface area contributed by atoms with Gasteiger partial charge in [0.2, 0.25) is 0 Å². The minimum absolute atomic E-state index is 0.0519. The third-order valence-electron chi connectivity index (χ3n) is 2.53. The highest BCUT2D eigenvalue weighted by Crippen LogP contribution is 2.23. The molecule has 1 aliphatic heterocycles. The first kappa shape index (κ1) is 13.3. The van der Waals surface area contributed by atoms with Crippen LogP contribution in [-0.4, -0.2) is 34.7 Å². The molecule has 100 valence electrons. The van der Waals surface area contributed by atoms with E-state index in [1.165, 1.54) is 30.0 Å². The summed E-state index contributed by atoms with van der Waals surface area (Å²) in [7, 11) is 0. The summed E-state index contributed by atoms with van der Waals surface area (Å²) in [6.45, 7) is 1.49. The van der Waals surface area contributed by atoms with Crippen LogP contribution >= 0.6 is 11.8 Å². The molecule has 0 amide bonds. The Morgan fingerprint density at radius 2 is 2.37 bits per heavy atom. The van der Waals surface area contributed by atoms with Gasteiger partial charge in [-0.15, -0.1) is 0 Å². The number of thioether (sulfide) groups is 1. The number of carbonyl (C=O) groups excluding carboxylic acids is 1. The number of carbonyl (C=O) groups is 1. The molecule has 1 aromatic carbocycles. The lowest BCUT2D eigenvalue weighted by Crippen LogP contribution is -2.17. The van der Waals surface area contributed by atoms with E-state index >= 15 is 0 Å². The van der Waals surface area contributed by atoms with Gasteiger partial charge in [-0.1, -0.05) is 11.8 Å². The van der Waals surface area contributed by atoms with E-state index in [0.717, 1.165) is 11.7 Å². The summed E-state index contributed by atoms with van der Waals surface area (Å²) in [5.41, 5.74) is 5.57. The monoisotopic (exact) mass is 280 g/mol. The molecule has 0 fully saturated rings. The maximum Gasteiger partial charge on any atom is 0.292 e. The van der Waals surface area contributed by atoms with Gasteiger partial charge < -0.3 is 11.1 Å². The summed E-state index contributed by atoms with van der Waals surface area (Å²) in [6, 6.07) is 4.08. The van der Waals surface area contributed by atoms with Crippen LogP contribution in [0.25, 0.3) is 0 Å². The number of anilines is 1. The fourth-order valence-corrected chi connectivity index (χ4v) is 2.39. The third kappa shape index (κ3) is 3.22. The number of nitro benzene ring substituents is 1. The van der Waals surface area contributed by atoms with Gasteiger partial charge in [-0.2, -0.15) is 0 Å². The minimum atomic E-state index is -0.595. The van der Waals surface area contributed by atoms with Gasteiger partial charge >= 0.3 is 0 Å². The van der Waals surface area contributed by atoms with Gasteiger partial charge in [0, 0.05) is 18.2 Å². The maximum atomic E-state index is 11.9. The van der Waals surface area contributed by atoms with Gasteiger partial charge in [0.25, 0.3) is 5.69 Å². The fraction of sp³-hybridized carbons (Fsp3) is 0.273. The first-order chi connectivity index (χ1) is 9.08. The molecule has 2 rings (SSSR count). The zero-order chi connectivity index (χ0) is 13.8. The van der Waals surface area contributed by atoms with Crippen molar-refractivity contribution in [1.82, 2.24) is 5.32 Å². The number of ketones is 1. The number of benzene rings is 1. The van der Waals surface area contributed by atoms with Crippen LogP contribution in [0, 0.1) is 10.1 Å². The maximum absolute atomic E-state index is 11.9. The zero-order valence-corrected chi connectivity index (χ0v) is 10.8. The smallest absolute Gasteiger partial charge is 0.292 e. The molecule has 0 atom stereocenters. The van der Waals surface area contributed by atoms with Crippen molar-refractivity contribution in [1.29, 1.82) is 0 Å². The number of nitrogens with two attached hydrogens (primary N) is 1. The zero-order valence-electron chi connectivity index (χ0n) is 9.96. The number of Topliss-reactive ketones (excluding diaryl/α,β-unsaturated/α-hetero) is 1. The Balaban J connectivity index is 2.06. The lowest BCUT2D eigenvalue weighted by atomic mass is 10.1. The summed E-state index contributed by atoms with van der Waals surface area (Å²) >= 11 is 1.29. The van der Waals surface area contributed by atoms with Crippen molar-refractivity contribution in [3.8, 4) is 0 Å². The van der Waals surface area contributed by atoms with E-state index in [1.807, 2.05) is 0 Å². The average Bonchev–Trinajstić information content (AvgIpc) is 2.89. The predicted octanol–water partition coefficient (Wildman–Crippen LogP) is 1.05. The topological polar surface area (TPSA) is 111 Å². The van der Waals surface area contributed by atoms with Gasteiger partial charge in [0.1, 0.15) is 5.69 Å². The van der Waals surface area contributed by atoms with E-state index in [0.29, 0.717) is 6.54 Å². The first-order valence-electron chi connectivity index (χ1n) is 5.56. The Kier molecular flexibility index (Phi) is 4.00. The highest BCUT2D eigenvalue weighted by Gasteiger charge is 2.16. The van der Waals surface area contributed by atoms with Gasteiger partial charge in [0.05, 0.1) is 17.2 Å². The molecular formula is C11H12N4O3S. The summed E-state index contributed by atoms with van der Waals surface area (Å²) in [5.74, 6) is -0.00287. The van der Waals surface area contributed by atoms with E-state index in [4.69, 9.17) is 5.73 Å². The standard InChI is InChI=1S/C11H12N4O3S/c12-8-2-1-7(5-9(8)15(17)18)10(16)6-19-11-13-3-4-14-11/h1-2,5H,3-4,6,12H2,(H,13,14). The number of nitrogens with zero attached hydrogens (tertiary/aromatic N) is 2. The van der Waals surface area contributed by atoms with Crippen molar-refractivity contribution in [2.75, 3.05) is 24.6 Å². The lowest BCUT2D eigenvalue weighted by Gasteiger charge is -2.03. The van der Waals surface area contributed by atoms with Crippen LogP contribution in [0.15, 0.2) is 23.2 Å². The van der Waals surface area contributed by atoms with Gasteiger partial charge in [-0.25, -0.2) is 0 Å². The highest BCUT2D eigenvalue weighted by atomic mass is 32.2. The van der Waals surface area contributed by atoms with Crippen LogP contribution in [0.4, 0.5) is 11.4 Å². The number of nitro groups is 1. The number of nitrogen functional groups attached to an aromatic ring is 1. The molecule has 0 saturated carbocycles. The molecule has 8 heteroatoms. The number of amidine groups is 1. The molecule has 0 bridgehead atoms. The normalized spacial score (nSPS) is 13.8. The number of nitrogens with one attached hydrogen (secondary N) is 1. The van der Waals surface area contributed by atoms with Gasteiger partial charge in [0.15, 0.2) is 11.0 Å². The largest absolute Gasteiger partial charge is 0.393 e. The third-order valence-corrected chi connectivity index (χ3v) is 3.49. The minimum Gasteiger partial charge on any atom is -0.393 e. The van der Waals surface area contributed by atoms with Crippen molar-refractivity contribution in [3.05, 3.63) is 33.9 Å². The quantitative estimate of drug-likeness (QED) is 0.369. The van der Waals surface area contributed by atoms with Crippen molar-refractivity contribution < 1.29 is 9.72 Å². The molecule has 1 heterocycles. The van der Waals surface area contributed by atoms with Crippen LogP contribution in [0.2, 0.25) is 0 Å². The van der Waals surface area contributed by atoms with Crippen LogP contribution < -0.4 is 11.1 Å². The number of aliphatic imine (C=N–C) groups is 1. The summed E-state index contributed by atoms with van der Waals surface area (Å²) in [4.78, 5) is 26.2. The van der Waals surface area contributed by atoms with Crippen molar-refractivity contribution in [2.45, 2.75) is 0 Å². The van der Waals surface area contributed by atoms with Gasteiger partial charge in [-0.05, 0) is 12.1 Å². The average molecular weight is 280 g/mol. The molecule has 3 N–H and O–H groups in total. The SMILES string of the molecule is Nc1ccc(C(=O)CSC2=NCCN2)cc1[N+](=O)[O-]. The number of rotatable bonds is 4. The molecule has 19 heavy (non-hydrogen) atoms. The predicted molar refractivity (Wildman–Crippen MR) is 74.6 cm³/mol. The van der Waals surface area contributed by atoms with Crippen LogP contribution in [0.3, 0.4) is 0 Å². The molecule has 1 aliphatic rings. The Labute approximate surface area is 113 Å². The van der Waals surface area contributed by atoms with E-state index in [1.54, 1.807) is 0 Å². The van der Waals surface area contributed by atoms with Crippen LogP contribution in [0.1, 0.15) is 10.4 Å². The van der Waals surface area contributed by atoms with E-state index in [2.05, 4.69) is 10.3 Å². The second-order valence-electron chi connectivity index (χ2n) is 3.86. The van der Waals surface area contributed by atoms with Crippen molar-refractivity contribution in [3.63, 3.8) is 0 Å². The van der Waals surface area contributed by atoms with Crippen LogP contribution in [-0.2, 0) is 0 Å². The second kappa shape index (κ2) is 5.70. The molecule has 0 aliphatic carbocycles. The fourth-order valence-electron chi connectivity index (χ4n) is 1.57. The van der Waals surface area contributed by atoms with Crippen molar-refractivity contribution in [2.24, 2.45) is 4.99 Å². The van der Waals surface area contributed by atoms with E-state index in [9.17, 15) is 14.9 Å². The molecule has 0 saturated heterocycles. The summed E-state index contributed by atoms with van der Waals surface area (Å²) in [5, 5.41) is 14.5. The van der Waals surface area contributed by atoms with E-state index in [-0.39, 0.29) is 28.5 Å².